The van der Waals surface area contributed by atoms with Crippen LogP contribution in [0.1, 0.15) is 16.7 Å². The third-order valence-electron chi connectivity index (χ3n) is 5.31. The minimum absolute atomic E-state index is 0.0223. The van der Waals surface area contributed by atoms with Crippen molar-refractivity contribution in [1.29, 1.82) is 0 Å². The molecule has 0 aliphatic heterocycles. The van der Waals surface area contributed by atoms with Crippen molar-refractivity contribution in [3.05, 3.63) is 87.5 Å². The average molecular weight is 501 g/mol. The number of ether oxygens (including phenoxy) is 1. The summed E-state index contributed by atoms with van der Waals surface area (Å²) in [6.45, 7) is 4.04. The van der Waals surface area contributed by atoms with Crippen molar-refractivity contribution < 1.29 is 14.8 Å². The number of anilines is 5. The maximum absolute atomic E-state index is 10.9. The summed E-state index contributed by atoms with van der Waals surface area (Å²) in [6, 6.07) is 16.6. The molecule has 0 aliphatic carbocycles. The van der Waals surface area contributed by atoms with Gasteiger partial charge in [0, 0.05) is 23.5 Å². The van der Waals surface area contributed by atoms with Gasteiger partial charge in [-0.15, -0.1) is 0 Å². The van der Waals surface area contributed by atoms with Crippen molar-refractivity contribution in [3.63, 3.8) is 0 Å². The zero-order chi connectivity index (χ0) is 26.4. The zero-order valence-electron chi connectivity index (χ0n) is 20.3. The number of nitro groups is 1. The second kappa shape index (κ2) is 11.0. The molecule has 0 radical (unpaired) electrons. The van der Waals surface area contributed by atoms with Gasteiger partial charge in [0.25, 0.3) is 5.69 Å². The first kappa shape index (κ1) is 24.9. The molecule has 0 unspecified atom stereocenters. The van der Waals surface area contributed by atoms with Gasteiger partial charge in [0.15, 0.2) is 11.5 Å². The van der Waals surface area contributed by atoms with Crippen LogP contribution in [0.3, 0.4) is 0 Å². The van der Waals surface area contributed by atoms with Gasteiger partial charge < -0.3 is 20.5 Å². The van der Waals surface area contributed by atoms with Crippen molar-refractivity contribution >= 4 is 41.1 Å². The lowest BCUT2D eigenvalue weighted by Gasteiger charge is -2.11. The van der Waals surface area contributed by atoms with Gasteiger partial charge in [-0.1, -0.05) is 6.07 Å². The van der Waals surface area contributed by atoms with E-state index in [9.17, 15) is 15.2 Å². The second-order valence-electron chi connectivity index (χ2n) is 7.96. The van der Waals surface area contributed by atoms with Crippen LogP contribution in [0.2, 0.25) is 0 Å². The van der Waals surface area contributed by atoms with E-state index in [1.54, 1.807) is 24.3 Å². The molecule has 0 atom stereocenters. The van der Waals surface area contributed by atoms with Gasteiger partial charge in [0.05, 0.1) is 18.2 Å². The first-order chi connectivity index (χ1) is 17.8. The third-order valence-corrected chi connectivity index (χ3v) is 5.31. The number of aromatic nitrogens is 3. The number of hydrogen-bond acceptors (Lipinski definition) is 11. The quantitative estimate of drug-likeness (QED) is 0.139. The number of nitrogens with zero attached hydrogens (tertiary/aromatic N) is 5. The predicted octanol–water partition coefficient (Wildman–Crippen LogP) is 5.04. The molecule has 12 nitrogen and oxygen atoms in total. The minimum atomic E-state index is -0.470. The van der Waals surface area contributed by atoms with Gasteiger partial charge in [-0.25, -0.2) is 5.43 Å². The number of phenolic OH excluding ortho intramolecular Hbond substituents is 1. The Morgan fingerprint density at radius 2 is 1.54 bits per heavy atom. The van der Waals surface area contributed by atoms with Gasteiger partial charge in [-0.2, -0.15) is 20.1 Å². The number of nitro benzene ring substituents is 1. The van der Waals surface area contributed by atoms with Crippen LogP contribution in [0, 0.1) is 24.0 Å². The molecule has 4 rings (SSSR count). The number of aromatic hydroxyl groups is 1. The van der Waals surface area contributed by atoms with Crippen LogP contribution >= 0.6 is 0 Å². The average Bonchev–Trinajstić information content (AvgIpc) is 2.87. The molecular weight excluding hydrogens is 476 g/mol. The number of hydrazone groups is 1. The molecule has 0 bridgehead atoms. The van der Waals surface area contributed by atoms with Crippen LogP contribution in [0.15, 0.2) is 65.8 Å². The highest BCUT2D eigenvalue weighted by molar-refractivity contribution is 5.81. The largest absolute Gasteiger partial charge is 0.504 e. The molecule has 3 aromatic carbocycles. The van der Waals surface area contributed by atoms with Crippen LogP contribution in [0.5, 0.6) is 11.5 Å². The highest BCUT2D eigenvalue weighted by Crippen LogP contribution is 2.26. The summed E-state index contributed by atoms with van der Waals surface area (Å²) in [5, 5.41) is 31.1. The predicted molar refractivity (Wildman–Crippen MR) is 141 cm³/mol. The highest BCUT2D eigenvalue weighted by Gasteiger charge is 2.10. The number of phenols is 1. The lowest BCUT2D eigenvalue weighted by atomic mass is 10.1. The van der Waals surface area contributed by atoms with Crippen LogP contribution in [0.4, 0.5) is 34.9 Å². The molecule has 1 aromatic heterocycles. The van der Waals surface area contributed by atoms with Gasteiger partial charge >= 0.3 is 0 Å². The fraction of sp³-hybridized carbons (Fsp3) is 0.120. The molecule has 0 saturated carbocycles. The molecule has 0 aliphatic rings. The van der Waals surface area contributed by atoms with E-state index in [2.05, 4.69) is 36.1 Å². The lowest BCUT2D eigenvalue weighted by Crippen LogP contribution is -2.07. The summed E-state index contributed by atoms with van der Waals surface area (Å²) in [6.07, 6.45) is 1.52. The zero-order valence-corrected chi connectivity index (χ0v) is 20.3. The Hall–Kier alpha value is -5.26. The third kappa shape index (κ3) is 6.45. The van der Waals surface area contributed by atoms with Crippen LogP contribution in [-0.2, 0) is 0 Å². The summed E-state index contributed by atoms with van der Waals surface area (Å²) in [5.41, 5.74) is 7.04. The summed E-state index contributed by atoms with van der Waals surface area (Å²) in [7, 11) is 1.46. The maximum Gasteiger partial charge on any atom is 0.269 e. The maximum atomic E-state index is 10.9. The monoisotopic (exact) mass is 500 g/mol. The molecule has 4 N–H and O–H groups in total. The van der Waals surface area contributed by atoms with E-state index in [1.165, 1.54) is 31.5 Å². The molecule has 12 heteroatoms. The van der Waals surface area contributed by atoms with Gasteiger partial charge in [0.1, 0.15) is 0 Å². The van der Waals surface area contributed by atoms with Crippen LogP contribution in [-0.4, -0.2) is 38.3 Å². The molecule has 0 fully saturated rings. The fourth-order valence-electron chi connectivity index (χ4n) is 3.22. The van der Waals surface area contributed by atoms with E-state index in [1.807, 2.05) is 32.0 Å². The number of rotatable bonds is 9. The summed E-state index contributed by atoms with van der Waals surface area (Å²) in [4.78, 5) is 23.6. The first-order valence-electron chi connectivity index (χ1n) is 11.1. The molecule has 0 amide bonds. The van der Waals surface area contributed by atoms with E-state index in [4.69, 9.17) is 4.74 Å². The number of non-ortho nitro benzene ring substituents is 1. The van der Waals surface area contributed by atoms with Crippen molar-refractivity contribution in [3.8, 4) is 11.5 Å². The van der Waals surface area contributed by atoms with Crippen molar-refractivity contribution in [2.75, 3.05) is 23.2 Å². The molecule has 0 spiro atoms. The summed E-state index contributed by atoms with van der Waals surface area (Å²) >= 11 is 0. The molecule has 0 saturated heterocycles. The smallest absolute Gasteiger partial charge is 0.269 e. The summed E-state index contributed by atoms with van der Waals surface area (Å²) in [5.74, 6) is 0.936. The second-order valence-corrected chi connectivity index (χ2v) is 7.96. The Morgan fingerprint density at radius 1 is 0.892 bits per heavy atom. The standard InChI is InChI=1S/C25H24N8O4/c1-15-4-6-19(12-16(15)2)28-24-29-23(27-18-7-9-20(10-8-18)33(35)36)30-25(31-24)32-26-14-17-5-11-21(34)22(13-17)37-3/h4-14,34H,1-3H3,(H3,27,28,29,30,31,32). The van der Waals surface area contributed by atoms with Gasteiger partial charge in [-0.05, 0) is 73.0 Å². The Morgan fingerprint density at radius 3 is 2.19 bits per heavy atom. The Labute approximate surface area is 212 Å². The van der Waals surface area contributed by atoms with Crippen molar-refractivity contribution in [2.24, 2.45) is 5.10 Å². The van der Waals surface area contributed by atoms with E-state index in [-0.39, 0.29) is 29.3 Å². The summed E-state index contributed by atoms with van der Waals surface area (Å²) < 4.78 is 5.11. The molecule has 37 heavy (non-hydrogen) atoms. The molecule has 1 heterocycles. The number of aryl methyl sites for hydroxylation is 2. The first-order valence-corrected chi connectivity index (χ1v) is 11.1. The molecule has 4 aromatic rings. The normalized spacial score (nSPS) is 10.8. The Balaban J connectivity index is 1.59. The minimum Gasteiger partial charge on any atom is -0.504 e. The Bertz CT molecular complexity index is 1460. The van der Waals surface area contributed by atoms with Crippen LogP contribution < -0.4 is 20.8 Å². The van der Waals surface area contributed by atoms with Crippen LogP contribution in [0.25, 0.3) is 0 Å². The molecular formula is C25H24N8O4. The molecule has 188 valence electrons. The number of hydrogen-bond donors (Lipinski definition) is 4. The number of methoxy groups -OCH3 is 1. The fourth-order valence-corrected chi connectivity index (χ4v) is 3.22. The topological polar surface area (TPSA) is 160 Å². The SMILES string of the molecule is COc1cc(C=NNc2nc(Nc3ccc([N+](=O)[O-])cc3)nc(Nc3ccc(C)c(C)c3)n2)ccc1O. The van der Waals surface area contributed by atoms with E-state index < -0.39 is 4.92 Å². The highest BCUT2D eigenvalue weighted by atomic mass is 16.6. The van der Waals surface area contributed by atoms with E-state index >= 15 is 0 Å². The number of benzene rings is 3. The van der Waals surface area contributed by atoms with Crippen molar-refractivity contribution in [1.82, 2.24) is 15.0 Å². The van der Waals surface area contributed by atoms with Gasteiger partial charge in [-0.3, -0.25) is 10.1 Å². The van der Waals surface area contributed by atoms with Crippen molar-refractivity contribution in [2.45, 2.75) is 13.8 Å². The van der Waals surface area contributed by atoms with E-state index in [0.717, 1.165) is 16.8 Å². The Kier molecular flexibility index (Phi) is 7.38. The number of nitrogens with one attached hydrogen (secondary N) is 3. The van der Waals surface area contributed by atoms with E-state index in [0.29, 0.717) is 17.0 Å². The van der Waals surface area contributed by atoms with Gasteiger partial charge in [0.2, 0.25) is 17.8 Å². The lowest BCUT2D eigenvalue weighted by molar-refractivity contribution is -0.384.